The summed E-state index contributed by atoms with van der Waals surface area (Å²) in [6.07, 6.45) is 2.55. The molecule has 124 valence electrons. The zero-order valence-corrected chi connectivity index (χ0v) is 14.8. The molecule has 0 aliphatic carbocycles. The summed E-state index contributed by atoms with van der Waals surface area (Å²) < 4.78 is 0. The quantitative estimate of drug-likeness (QED) is 0.853. The number of nitrogens with zero attached hydrogens (tertiary/aromatic N) is 3. The number of thiazole rings is 1. The average Bonchev–Trinajstić information content (AvgIpc) is 2.97. The van der Waals surface area contributed by atoms with Gasteiger partial charge < -0.3 is 15.5 Å². The van der Waals surface area contributed by atoms with E-state index in [2.05, 4.69) is 20.6 Å². The summed E-state index contributed by atoms with van der Waals surface area (Å²) in [6, 6.07) is 3.58. The third-order valence-electron chi connectivity index (χ3n) is 3.38. The number of pyridine rings is 1. The topological polar surface area (TPSA) is 70.2 Å². The Hall–Kier alpha value is -2.15. The molecule has 2 N–H and O–H groups in total. The van der Waals surface area contributed by atoms with Crippen LogP contribution in [0.4, 0.5) is 10.6 Å². The van der Waals surface area contributed by atoms with Gasteiger partial charge in [0.25, 0.3) is 0 Å². The molecule has 23 heavy (non-hydrogen) atoms. The molecule has 0 saturated heterocycles. The Labute approximate surface area is 141 Å². The minimum absolute atomic E-state index is 0.0593. The fraction of sp³-hybridized carbons (Fsp3) is 0.438. The summed E-state index contributed by atoms with van der Waals surface area (Å²) >= 11 is 1.57. The summed E-state index contributed by atoms with van der Waals surface area (Å²) in [7, 11) is 3.87. The van der Waals surface area contributed by atoms with Crippen molar-refractivity contribution in [2.24, 2.45) is 0 Å². The van der Waals surface area contributed by atoms with Crippen LogP contribution in [0.15, 0.2) is 23.7 Å². The van der Waals surface area contributed by atoms with E-state index < -0.39 is 0 Å². The van der Waals surface area contributed by atoms with Crippen LogP contribution in [0.1, 0.15) is 35.7 Å². The van der Waals surface area contributed by atoms with Gasteiger partial charge in [0.15, 0.2) is 0 Å². The van der Waals surface area contributed by atoms with Crippen molar-refractivity contribution in [3.63, 3.8) is 0 Å². The van der Waals surface area contributed by atoms with Crippen LogP contribution >= 0.6 is 11.3 Å². The lowest BCUT2D eigenvalue weighted by atomic mass is 10.2. The van der Waals surface area contributed by atoms with Crippen molar-refractivity contribution in [3.05, 3.63) is 40.0 Å². The van der Waals surface area contributed by atoms with Crippen molar-refractivity contribution in [1.29, 1.82) is 0 Å². The van der Waals surface area contributed by atoms with Crippen molar-refractivity contribution in [1.82, 2.24) is 20.6 Å². The number of nitrogens with one attached hydrogen (secondary N) is 2. The molecule has 2 amide bonds. The van der Waals surface area contributed by atoms with Crippen molar-refractivity contribution < 1.29 is 4.79 Å². The Kier molecular flexibility index (Phi) is 5.92. The molecular weight excluding hydrogens is 310 g/mol. The van der Waals surface area contributed by atoms with E-state index >= 15 is 0 Å². The Morgan fingerprint density at radius 1 is 1.43 bits per heavy atom. The van der Waals surface area contributed by atoms with Crippen LogP contribution in [-0.2, 0) is 6.54 Å². The summed E-state index contributed by atoms with van der Waals surface area (Å²) in [5, 5.41) is 8.81. The van der Waals surface area contributed by atoms with E-state index in [4.69, 9.17) is 0 Å². The molecule has 0 saturated carbocycles. The molecule has 2 rings (SSSR count). The highest BCUT2D eigenvalue weighted by Crippen LogP contribution is 2.20. The van der Waals surface area contributed by atoms with Gasteiger partial charge in [-0.15, -0.1) is 11.3 Å². The Balaban J connectivity index is 1.95. The fourth-order valence-corrected chi connectivity index (χ4v) is 3.16. The van der Waals surface area contributed by atoms with Gasteiger partial charge in [0.1, 0.15) is 10.8 Å². The summed E-state index contributed by atoms with van der Waals surface area (Å²) in [4.78, 5) is 22.9. The van der Waals surface area contributed by atoms with Crippen LogP contribution in [0.3, 0.4) is 0 Å². The minimum Gasteiger partial charge on any atom is -0.362 e. The molecule has 0 bridgehead atoms. The number of aromatic nitrogens is 2. The van der Waals surface area contributed by atoms with E-state index in [1.54, 1.807) is 17.5 Å². The lowest BCUT2D eigenvalue weighted by Crippen LogP contribution is -2.37. The van der Waals surface area contributed by atoms with Gasteiger partial charge in [-0.2, -0.15) is 0 Å². The van der Waals surface area contributed by atoms with Crippen LogP contribution in [-0.4, -0.2) is 30.1 Å². The van der Waals surface area contributed by atoms with Crippen molar-refractivity contribution in [2.45, 2.75) is 32.9 Å². The number of rotatable bonds is 6. The molecule has 0 aliphatic heterocycles. The highest BCUT2D eigenvalue weighted by Gasteiger charge is 2.16. The number of hydrogen-bond donors (Lipinski definition) is 2. The van der Waals surface area contributed by atoms with Crippen molar-refractivity contribution in [3.8, 4) is 0 Å². The van der Waals surface area contributed by atoms with E-state index in [0.29, 0.717) is 6.54 Å². The van der Waals surface area contributed by atoms with E-state index in [-0.39, 0.29) is 12.1 Å². The zero-order chi connectivity index (χ0) is 16.8. The van der Waals surface area contributed by atoms with Crippen LogP contribution in [0.25, 0.3) is 0 Å². The number of amides is 2. The smallest absolute Gasteiger partial charge is 0.315 e. The monoisotopic (exact) mass is 333 g/mol. The van der Waals surface area contributed by atoms with Crippen LogP contribution < -0.4 is 15.5 Å². The van der Waals surface area contributed by atoms with Crippen LogP contribution in [0.5, 0.6) is 0 Å². The molecule has 0 aromatic carbocycles. The molecule has 1 unspecified atom stereocenters. The van der Waals surface area contributed by atoms with Gasteiger partial charge >= 0.3 is 6.03 Å². The van der Waals surface area contributed by atoms with Gasteiger partial charge in [0.2, 0.25) is 0 Å². The molecule has 2 aromatic heterocycles. The van der Waals surface area contributed by atoms with E-state index in [1.807, 2.05) is 50.4 Å². The van der Waals surface area contributed by atoms with E-state index in [0.717, 1.165) is 28.5 Å². The normalized spacial score (nSPS) is 11.8. The maximum absolute atomic E-state index is 12.2. The highest BCUT2D eigenvalue weighted by molar-refractivity contribution is 7.09. The first-order valence-electron chi connectivity index (χ1n) is 7.58. The SMILES string of the molecule is CCC(NC(=O)NCc1cccnc1N(C)C)c1nc(C)cs1. The summed E-state index contributed by atoms with van der Waals surface area (Å²) in [5.74, 6) is 0.857. The predicted molar refractivity (Wildman–Crippen MR) is 93.8 cm³/mol. The average molecular weight is 333 g/mol. The molecule has 0 fully saturated rings. The van der Waals surface area contributed by atoms with E-state index in [9.17, 15) is 4.79 Å². The number of anilines is 1. The van der Waals surface area contributed by atoms with Gasteiger partial charge in [0, 0.05) is 43.5 Å². The standard InChI is InChI=1S/C16H23N5OS/c1-5-13(15-19-11(2)10-23-15)20-16(22)18-9-12-7-6-8-17-14(12)21(3)4/h6-8,10,13H,5,9H2,1-4H3,(H2,18,20,22). The number of carbonyl (C=O) groups is 1. The largest absolute Gasteiger partial charge is 0.362 e. The second-order valence-electron chi connectivity index (χ2n) is 5.50. The predicted octanol–water partition coefficient (Wildman–Crippen LogP) is 2.86. The first kappa shape index (κ1) is 17.2. The zero-order valence-electron chi connectivity index (χ0n) is 14.0. The van der Waals surface area contributed by atoms with Gasteiger partial charge in [-0.25, -0.2) is 14.8 Å². The summed E-state index contributed by atoms with van der Waals surface area (Å²) in [6.45, 7) is 4.42. The highest BCUT2D eigenvalue weighted by atomic mass is 32.1. The maximum Gasteiger partial charge on any atom is 0.315 e. The molecule has 2 heterocycles. The molecule has 2 aromatic rings. The maximum atomic E-state index is 12.2. The number of hydrogen-bond acceptors (Lipinski definition) is 5. The van der Waals surface area contributed by atoms with Crippen LogP contribution in [0, 0.1) is 6.92 Å². The molecule has 0 radical (unpaired) electrons. The lowest BCUT2D eigenvalue weighted by molar-refractivity contribution is 0.236. The molecule has 0 spiro atoms. The van der Waals surface area contributed by atoms with E-state index in [1.165, 1.54) is 0 Å². The van der Waals surface area contributed by atoms with Gasteiger partial charge in [-0.05, 0) is 19.4 Å². The number of aryl methyl sites for hydroxylation is 1. The van der Waals surface area contributed by atoms with Gasteiger partial charge in [-0.1, -0.05) is 13.0 Å². The molecule has 7 heteroatoms. The van der Waals surface area contributed by atoms with Gasteiger partial charge in [0.05, 0.1) is 6.04 Å². The lowest BCUT2D eigenvalue weighted by Gasteiger charge is -2.18. The third-order valence-corrected chi connectivity index (χ3v) is 4.46. The number of carbonyl (C=O) groups excluding carboxylic acids is 1. The Bertz CT molecular complexity index is 655. The number of urea groups is 1. The minimum atomic E-state index is -0.196. The first-order valence-corrected chi connectivity index (χ1v) is 8.46. The molecular formula is C16H23N5OS. The first-order chi connectivity index (χ1) is 11.0. The van der Waals surface area contributed by atoms with Crippen LogP contribution in [0.2, 0.25) is 0 Å². The second kappa shape index (κ2) is 7.92. The summed E-state index contributed by atoms with van der Waals surface area (Å²) in [5.41, 5.74) is 1.96. The van der Waals surface area contributed by atoms with Crippen molar-refractivity contribution >= 4 is 23.2 Å². The molecule has 1 atom stereocenters. The fourth-order valence-electron chi connectivity index (χ4n) is 2.23. The van der Waals surface area contributed by atoms with Gasteiger partial charge in [-0.3, -0.25) is 0 Å². The third kappa shape index (κ3) is 4.66. The van der Waals surface area contributed by atoms with Crippen molar-refractivity contribution in [2.75, 3.05) is 19.0 Å². The molecule has 0 aliphatic rings. The molecule has 6 nitrogen and oxygen atoms in total. The Morgan fingerprint density at radius 3 is 2.83 bits per heavy atom. The Morgan fingerprint density at radius 2 is 2.22 bits per heavy atom. The second-order valence-corrected chi connectivity index (χ2v) is 6.39.